The van der Waals surface area contributed by atoms with E-state index in [2.05, 4.69) is 14.9 Å². The number of fused-ring (bicyclic) bond motifs is 1. The number of hydrogen-bond donors (Lipinski definition) is 2. The van der Waals surface area contributed by atoms with Gasteiger partial charge in [-0.05, 0) is 60.3 Å². The molecule has 3 aromatic heterocycles. The summed E-state index contributed by atoms with van der Waals surface area (Å²) in [6.45, 7) is 1.75. The van der Waals surface area contributed by atoms with E-state index < -0.39 is 11.1 Å². The number of anilines is 2. The smallest absolute Gasteiger partial charge is 0.112 e. The first-order valence-electron chi connectivity index (χ1n) is 10.7. The van der Waals surface area contributed by atoms with Crippen molar-refractivity contribution in [2.45, 2.75) is 23.8 Å². The molecular formula is C24H23N6O2S-. The summed E-state index contributed by atoms with van der Waals surface area (Å²) in [6, 6.07) is 14.3. The van der Waals surface area contributed by atoms with E-state index in [1.165, 1.54) is 0 Å². The molecule has 1 fully saturated rings. The fourth-order valence-electron chi connectivity index (χ4n) is 4.24. The van der Waals surface area contributed by atoms with E-state index in [4.69, 9.17) is 16.5 Å². The normalized spacial score (nSPS) is 17.3. The first-order valence-corrected chi connectivity index (χ1v) is 11.8. The first kappa shape index (κ1) is 21.4. The summed E-state index contributed by atoms with van der Waals surface area (Å²) >= 11 is -2.27. The Balaban J connectivity index is 1.57. The fourth-order valence-corrected chi connectivity index (χ4v) is 4.60. The Bertz CT molecular complexity index is 1340. The van der Waals surface area contributed by atoms with Crippen molar-refractivity contribution in [1.82, 2.24) is 15.0 Å². The molecule has 9 heteroatoms. The van der Waals surface area contributed by atoms with E-state index in [-0.39, 0.29) is 10.9 Å². The predicted octanol–water partition coefficient (Wildman–Crippen LogP) is 3.11. The van der Waals surface area contributed by atoms with Crippen molar-refractivity contribution >= 4 is 33.4 Å². The SMILES string of the molecule is Nc1ccc(-c2ccc(S(=O)[O-])cc2)nc1-c1cc2c(N3CCCC(N)C3)ccnc2cn1. The Morgan fingerprint density at radius 3 is 2.64 bits per heavy atom. The molecule has 0 saturated carbocycles. The lowest BCUT2D eigenvalue weighted by Gasteiger charge is -2.33. The quantitative estimate of drug-likeness (QED) is 0.445. The molecule has 0 spiro atoms. The largest absolute Gasteiger partial charge is 0.768 e. The summed E-state index contributed by atoms with van der Waals surface area (Å²) in [4.78, 5) is 16.3. The molecule has 1 aliphatic heterocycles. The molecule has 1 aliphatic rings. The third-order valence-electron chi connectivity index (χ3n) is 5.92. The zero-order chi connectivity index (χ0) is 22.9. The number of aromatic nitrogens is 3. The number of piperidine rings is 1. The van der Waals surface area contributed by atoms with Crippen molar-refractivity contribution < 1.29 is 8.76 Å². The molecule has 1 saturated heterocycles. The number of hydrogen-bond acceptors (Lipinski definition) is 8. The summed E-state index contributed by atoms with van der Waals surface area (Å²) in [6.07, 6.45) is 5.62. The fraction of sp³-hybridized carbons (Fsp3) is 0.208. The molecular weight excluding hydrogens is 436 g/mol. The van der Waals surface area contributed by atoms with Gasteiger partial charge in [0, 0.05) is 46.9 Å². The Morgan fingerprint density at radius 1 is 1.06 bits per heavy atom. The molecule has 4 N–H and O–H groups in total. The van der Waals surface area contributed by atoms with Crippen LogP contribution in [0.2, 0.25) is 0 Å². The number of benzene rings is 1. The second-order valence-electron chi connectivity index (χ2n) is 8.16. The van der Waals surface area contributed by atoms with Gasteiger partial charge >= 0.3 is 0 Å². The highest BCUT2D eigenvalue weighted by molar-refractivity contribution is 7.79. The van der Waals surface area contributed by atoms with Crippen LogP contribution >= 0.6 is 0 Å². The van der Waals surface area contributed by atoms with E-state index in [1.807, 2.05) is 18.2 Å². The monoisotopic (exact) mass is 459 g/mol. The first-order chi connectivity index (χ1) is 16.0. The van der Waals surface area contributed by atoms with Gasteiger partial charge in [0.2, 0.25) is 0 Å². The minimum absolute atomic E-state index is 0.155. The third-order valence-corrected chi connectivity index (χ3v) is 6.57. The maximum Gasteiger partial charge on any atom is 0.112 e. The van der Waals surface area contributed by atoms with Crippen LogP contribution in [0, 0.1) is 0 Å². The Morgan fingerprint density at radius 2 is 1.88 bits per heavy atom. The Kier molecular flexibility index (Phi) is 5.76. The van der Waals surface area contributed by atoms with Crippen LogP contribution < -0.4 is 16.4 Å². The molecule has 2 atom stereocenters. The molecule has 33 heavy (non-hydrogen) atoms. The third kappa shape index (κ3) is 4.30. The van der Waals surface area contributed by atoms with Gasteiger partial charge in [0.1, 0.15) is 5.69 Å². The number of nitrogens with two attached hydrogens (primary N) is 2. The zero-order valence-electron chi connectivity index (χ0n) is 17.8. The number of pyridine rings is 3. The topological polar surface area (TPSA) is 134 Å². The summed E-state index contributed by atoms with van der Waals surface area (Å²) < 4.78 is 22.3. The standard InChI is InChI=1S/C24H24N6O2S/c25-16-2-1-11-30(14-16)23-9-10-27-22-13-28-21(12-18(22)23)24-19(26)7-8-20(29-24)15-3-5-17(6-4-15)33(31)32/h3-10,12-13,16H,1-2,11,14,25-26H2,(H,31,32)/p-1. The van der Waals surface area contributed by atoms with E-state index >= 15 is 0 Å². The van der Waals surface area contributed by atoms with Crippen LogP contribution in [0.1, 0.15) is 12.8 Å². The zero-order valence-corrected chi connectivity index (χ0v) is 18.7. The summed E-state index contributed by atoms with van der Waals surface area (Å²) in [7, 11) is 0. The van der Waals surface area contributed by atoms with Gasteiger partial charge in [0.05, 0.1) is 28.8 Å². The highest BCUT2D eigenvalue weighted by Gasteiger charge is 2.20. The van der Waals surface area contributed by atoms with E-state index in [1.54, 1.807) is 42.7 Å². The molecule has 8 nitrogen and oxygen atoms in total. The highest BCUT2D eigenvalue weighted by Crippen LogP contribution is 2.32. The minimum atomic E-state index is -2.27. The van der Waals surface area contributed by atoms with Gasteiger partial charge in [-0.3, -0.25) is 14.2 Å². The van der Waals surface area contributed by atoms with Crippen LogP contribution in [0.4, 0.5) is 11.4 Å². The number of rotatable bonds is 4. The number of nitrogens with zero attached hydrogens (tertiary/aromatic N) is 4. The van der Waals surface area contributed by atoms with Crippen molar-refractivity contribution in [3.05, 3.63) is 60.9 Å². The summed E-state index contributed by atoms with van der Waals surface area (Å²) in [5, 5.41) is 0.977. The molecule has 0 bridgehead atoms. The van der Waals surface area contributed by atoms with Gasteiger partial charge in [-0.2, -0.15) is 0 Å². The van der Waals surface area contributed by atoms with E-state index in [0.29, 0.717) is 22.8 Å². The van der Waals surface area contributed by atoms with Crippen LogP contribution in [0.25, 0.3) is 33.5 Å². The Labute approximate surface area is 194 Å². The van der Waals surface area contributed by atoms with Gasteiger partial charge < -0.3 is 20.9 Å². The molecule has 1 aromatic carbocycles. The van der Waals surface area contributed by atoms with Gasteiger partial charge in [-0.15, -0.1) is 0 Å². The van der Waals surface area contributed by atoms with Crippen molar-refractivity contribution in [2.75, 3.05) is 23.7 Å². The molecule has 0 aliphatic carbocycles. The van der Waals surface area contributed by atoms with E-state index in [9.17, 15) is 8.76 Å². The molecule has 4 aromatic rings. The Hall–Kier alpha value is -3.40. The van der Waals surface area contributed by atoms with Crippen LogP contribution in [-0.4, -0.2) is 42.8 Å². The average Bonchev–Trinajstić information content (AvgIpc) is 2.84. The van der Waals surface area contributed by atoms with Crippen molar-refractivity contribution in [1.29, 1.82) is 0 Å². The highest BCUT2D eigenvalue weighted by atomic mass is 32.2. The van der Waals surface area contributed by atoms with Crippen molar-refractivity contribution in [2.24, 2.45) is 5.73 Å². The second-order valence-corrected chi connectivity index (χ2v) is 9.10. The summed E-state index contributed by atoms with van der Waals surface area (Å²) in [5.41, 5.74) is 17.6. The number of nitrogen functional groups attached to an aromatic ring is 1. The van der Waals surface area contributed by atoms with Gasteiger partial charge in [-0.1, -0.05) is 12.1 Å². The predicted molar refractivity (Wildman–Crippen MR) is 129 cm³/mol. The molecule has 168 valence electrons. The lowest BCUT2D eigenvalue weighted by Crippen LogP contribution is -2.42. The minimum Gasteiger partial charge on any atom is -0.768 e. The molecule has 2 unspecified atom stereocenters. The van der Waals surface area contributed by atoms with Crippen molar-refractivity contribution in [3.8, 4) is 22.6 Å². The lowest BCUT2D eigenvalue weighted by molar-refractivity contribution is 0.507. The van der Waals surface area contributed by atoms with Gasteiger partial charge in [0.15, 0.2) is 0 Å². The molecule has 0 radical (unpaired) electrons. The molecule has 4 heterocycles. The van der Waals surface area contributed by atoms with Crippen LogP contribution in [0.5, 0.6) is 0 Å². The maximum absolute atomic E-state index is 11.1. The molecule has 0 amide bonds. The summed E-state index contributed by atoms with van der Waals surface area (Å²) in [5.74, 6) is 0. The van der Waals surface area contributed by atoms with Crippen LogP contribution in [0.3, 0.4) is 0 Å². The van der Waals surface area contributed by atoms with Gasteiger partial charge in [0.25, 0.3) is 0 Å². The van der Waals surface area contributed by atoms with Crippen LogP contribution in [0.15, 0.2) is 65.8 Å². The van der Waals surface area contributed by atoms with Crippen molar-refractivity contribution in [3.63, 3.8) is 0 Å². The second kappa shape index (κ2) is 8.86. The van der Waals surface area contributed by atoms with E-state index in [0.717, 1.165) is 48.1 Å². The van der Waals surface area contributed by atoms with Crippen LogP contribution in [-0.2, 0) is 11.1 Å². The average molecular weight is 460 g/mol. The van der Waals surface area contributed by atoms with Gasteiger partial charge in [-0.25, -0.2) is 4.98 Å². The molecule has 5 rings (SSSR count). The lowest BCUT2D eigenvalue weighted by atomic mass is 10.0. The maximum atomic E-state index is 11.1.